The second-order valence-corrected chi connectivity index (χ2v) is 4.71. The summed E-state index contributed by atoms with van der Waals surface area (Å²) in [4.78, 5) is 25.0. The Hall–Kier alpha value is -2.42. The van der Waals surface area contributed by atoms with Gasteiger partial charge in [0, 0.05) is 29.9 Å². The van der Waals surface area contributed by atoms with Crippen LogP contribution in [0, 0.1) is 0 Å². The van der Waals surface area contributed by atoms with Gasteiger partial charge >= 0.3 is 0 Å². The van der Waals surface area contributed by atoms with Crippen LogP contribution in [-0.4, -0.2) is 16.1 Å². The fourth-order valence-corrected chi connectivity index (χ4v) is 2.53. The fraction of sp³-hybridized carbons (Fsp3) is 0.125. The largest absolute Gasteiger partial charge is 0.350 e. The minimum Gasteiger partial charge on any atom is -0.350 e. The van der Waals surface area contributed by atoms with E-state index in [-0.39, 0.29) is 11.6 Å². The van der Waals surface area contributed by atoms with E-state index < -0.39 is 0 Å². The number of hydrogen-bond donors (Lipinski definition) is 0. The molecule has 0 radical (unpaired) electrons. The van der Waals surface area contributed by atoms with Crippen molar-refractivity contribution in [2.75, 3.05) is 0 Å². The third-order valence-corrected chi connectivity index (χ3v) is 3.56. The standard InChI is InChI=1S/C16H13NO2/c1-10-14(13-8-5-9-17(13)2)16(19)12-7-4-3-6-11(12)15(10)18/h3-9H,1-2H3. The third kappa shape index (κ3) is 1.58. The summed E-state index contributed by atoms with van der Waals surface area (Å²) in [6.07, 6.45) is 1.87. The number of nitrogens with zero attached hydrogens (tertiary/aromatic N) is 1. The van der Waals surface area contributed by atoms with Crippen LogP contribution < -0.4 is 0 Å². The van der Waals surface area contributed by atoms with Crippen molar-refractivity contribution in [2.24, 2.45) is 7.05 Å². The Morgan fingerprint density at radius 3 is 2.11 bits per heavy atom. The lowest BCUT2D eigenvalue weighted by Crippen LogP contribution is -2.21. The first kappa shape index (κ1) is 11.7. The van der Waals surface area contributed by atoms with Crippen molar-refractivity contribution in [3.8, 4) is 0 Å². The molecule has 19 heavy (non-hydrogen) atoms. The van der Waals surface area contributed by atoms with Gasteiger partial charge in [-0.1, -0.05) is 24.3 Å². The molecule has 1 aromatic carbocycles. The molecule has 1 aliphatic carbocycles. The van der Waals surface area contributed by atoms with Gasteiger partial charge in [0.05, 0.1) is 11.3 Å². The number of hydrogen-bond acceptors (Lipinski definition) is 2. The SMILES string of the molecule is CC1=C(c2cccn2C)C(=O)c2ccccc2C1=O. The molecule has 1 aliphatic rings. The number of carbonyl (C=O) groups is 2. The first-order chi connectivity index (χ1) is 9.11. The number of Topliss-reactive ketones (excluding diaryl/α,β-unsaturated/α-hetero) is 2. The fourth-order valence-electron chi connectivity index (χ4n) is 2.53. The smallest absolute Gasteiger partial charge is 0.196 e. The molecule has 3 heteroatoms. The number of allylic oxidation sites excluding steroid dienone is 2. The van der Waals surface area contributed by atoms with Crippen molar-refractivity contribution in [3.63, 3.8) is 0 Å². The van der Waals surface area contributed by atoms with Crippen molar-refractivity contribution in [1.29, 1.82) is 0 Å². The molecule has 0 aliphatic heterocycles. The summed E-state index contributed by atoms with van der Waals surface area (Å²) in [5.41, 5.74) is 2.81. The summed E-state index contributed by atoms with van der Waals surface area (Å²) < 4.78 is 1.86. The molecule has 1 aromatic heterocycles. The summed E-state index contributed by atoms with van der Waals surface area (Å²) in [7, 11) is 1.87. The zero-order valence-corrected chi connectivity index (χ0v) is 10.8. The topological polar surface area (TPSA) is 39.1 Å². The Labute approximate surface area is 111 Å². The molecule has 0 fully saturated rings. The highest BCUT2D eigenvalue weighted by Gasteiger charge is 2.31. The summed E-state index contributed by atoms with van der Waals surface area (Å²) in [5.74, 6) is -0.138. The normalized spacial score (nSPS) is 14.8. The number of ketones is 2. The highest BCUT2D eigenvalue weighted by molar-refractivity contribution is 6.40. The van der Waals surface area contributed by atoms with Gasteiger partial charge in [0.2, 0.25) is 0 Å². The zero-order valence-electron chi connectivity index (χ0n) is 10.8. The van der Waals surface area contributed by atoms with E-state index in [0.29, 0.717) is 22.3 Å². The number of aryl methyl sites for hydroxylation is 1. The van der Waals surface area contributed by atoms with Crippen LogP contribution in [0.1, 0.15) is 33.3 Å². The number of rotatable bonds is 1. The molecule has 2 aromatic rings. The predicted molar refractivity (Wildman–Crippen MR) is 73.1 cm³/mol. The van der Waals surface area contributed by atoms with Gasteiger partial charge in [-0.3, -0.25) is 9.59 Å². The average molecular weight is 251 g/mol. The summed E-state index contributed by atoms with van der Waals surface area (Å²) in [6, 6.07) is 10.7. The van der Waals surface area contributed by atoms with E-state index in [1.165, 1.54) is 0 Å². The highest BCUT2D eigenvalue weighted by atomic mass is 16.1. The Kier molecular flexibility index (Phi) is 2.49. The predicted octanol–water partition coefficient (Wildman–Crippen LogP) is 2.88. The van der Waals surface area contributed by atoms with Crippen LogP contribution in [0.15, 0.2) is 48.2 Å². The van der Waals surface area contributed by atoms with Crippen LogP contribution in [0.4, 0.5) is 0 Å². The number of benzene rings is 1. The Bertz CT molecular complexity index is 735. The molecule has 94 valence electrons. The van der Waals surface area contributed by atoms with Crippen molar-refractivity contribution in [1.82, 2.24) is 4.57 Å². The van der Waals surface area contributed by atoms with Gasteiger partial charge in [0.25, 0.3) is 0 Å². The molecule has 0 saturated heterocycles. The van der Waals surface area contributed by atoms with E-state index >= 15 is 0 Å². The lowest BCUT2D eigenvalue weighted by molar-refractivity contribution is 0.0991. The first-order valence-corrected chi connectivity index (χ1v) is 6.12. The van der Waals surface area contributed by atoms with Gasteiger partial charge in [0.15, 0.2) is 11.6 Å². The quantitative estimate of drug-likeness (QED) is 0.781. The third-order valence-electron chi connectivity index (χ3n) is 3.56. The van der Waals surface area contributed by atoms with Crippen molar-refractivity contribution >= 4 is 17.1 Å². The van der Waals surface area contributed by atoms with Crippen molar-refractivity contribution in [3.05, 3.63) is 65.0 Å². The Morgan fingerprint density at radius 1 is 0.895 bits per heavy atom. The summed E-state index contributed by atoms with van der Waals surface area (Å²) in [6.45, 7) is 1.72. The lowest BCUT2D eigenvalue weighted by atomic mass is 9.83. The Balaban J connectivity index is 2.28. The zero-order chi connectivity index (χ0) is 13.6. The second kappa shape index (κ2) is 4.05. The number of fused-ring (bicyclic) bond motifs is 1. The van der Waals surface area contributed by atoms with Gasteiger partial charge in [-0.25, -0.2) is 0 Å². The van der Waals surface area contributed by atoms with Gasteiger partial charge < -0.3 is 4.57 Å². The minimum atomic E-state index is -0.0745. The lowest BCUT2D eigenvalue weighted by Gasteiger charge is -2.19. The molecule has 0 N–H and O–H groups in total. The molecule has 0 spiro atoms. The van der Waals surface area contributed by atoms with Gasteiger partial charge in [-0.15, -0.1) is 0 Å². The molecule has 0 saturated carbocycles. The molecule has 3 nitrogen and oxygen atoms in total. The number of carbonyl (C=O) groups excluding carboxylic acids is 2. The molecule has 1 heterocycles. The maximum atomic E-state index is 12.6. The first-order valence-electron chi connectivity index (χ1n) is 6.12. The molecule has 0 amide bonds. The maximum Gasteiger partial charge on any atom is 0.196 e. The van der Waals surface area contributed by atoms with Crippen LogP contribution in [0.25, 0.3) is 5.57 Å². The second-order valence-electron chi connectivity index (χ2n) is 4.71. The Morgan fingerprint density at radius 2 is 1.53 bits per heavy atom. The van der Waals surface area contributed by atoms with Gasteiger partial charge in [-0.05, 0) is 19.1 Å². The minimum absolute atomic E-state index is 0.0635. The molecular weight excluding hydrogens is 238 g/mol. The summed E-state index contributed by atoms with van der Waals surface area (Å²) >= 11 is 0. The van der Waals surface area contributed by atoms with Crippen LogP contribution in [0.2, 0.25) is 0 Å². The van der Waals surface area contributed by atoms with E-state index in [0.717, 1.165) is 5.69 Å². The van der Waals surface area contributed by atoms with Gasteiger partial charge in [-0.2, -0.15) is 0 Å². The van der Waals surface area contributed by atoms with Crippen LogP contribution in [0.5, 0.6) is 0 Å². The number of aromatic nitrogens is 1. The van der Waals surface area contributed by atoms with E-state index in [4.69, 9.17) is 0 Å². The molecule has 3 rings (SSSR count). The maximum absolute atomic E-state index is 12.6. The molecular formula is C16H13NO2. The van der Waals surface area contributed by atoms with Crippen LogP contribution >= 0.6 is 0 Å². The molecule has 0 unspecified atom stereocenters. The summed E-state index contributed by atoms with van der Waals surface area (Å²) in [5, 5.41) is 0. The highest BCUT2D eigenvalue weighted by Crippen LogP contribution is 2.31. The monoisotopic (exact) mass is 251 g/mol. The van der Waals surface area contributed by atoms with Crippen LogP contribution in [0.3, 0.4) is 0 Å². The van der Waals surface area contributed by atoms with Gasteiger partial charge in [0.1, 0.15) is 0 Å². The van der Waals surface area contributed by atoms with Crippen molar-refractivity contribution in [2.45, 2.75) is 6.92 Å². The molecule has 0 bridgehead atoms. The van der Waals surface area contributed by atoms with E-state index in [9.17, 15) is 9.59 Å². The van der Waals surface area contributed by atoms with E-state index in [1.54, 1.807) is 31.2 Å². The molecule has 0 atom stereocenters. The van der Waals surface area contributed by atoms with Crippen LogP contribution in [-0.2, 0) is 7.05 Å². The van der Waals surface area contributed by atoms with Crippen molar-refractivity contribution < 1.29 is 9.59 Å². The van der Waals surface area contributed by atoms with E-state index in [1.807, 2.05) is 29.9 Å². The average Bonchev–Trinajstić information content (AvgIpc) is 2.83. The van der Waals surface area contributed by atoms with E-state index in [2.05, 4.69) is 0 Å².